The van der Waals surface area contributed by atoms with Crippen LogP contribution in [-0.4, -0.2) is 46.5 Å². The van der Waals surface area contributed by atoms with E-state index in [1.54, 1.807) is 25.2 Å². The Labute approximate surface area is 122 Å². The highest BCUT2D eigenvalue weighted by molar-refractivity contribution is 7.89. The minimum Gasteiger partial charge on any atom is -0.387 e. The SMILES string of the molecule is CCN(CC)CCCNS(=O)(=O)c1ccccc1NC. The molecule has 0 aromatic heterocycles. The van der Waals surface area contributed by atoms with Crippen LogP contribution in [0.1, 0.15) is 20.3 Å². The van der Waals surface area contributed by atoms with E-state index >= 15 is 0 Å². The number of anilines is 1. The van der Waals surface area contributed by atoms with Crippen molar-refractivity contribution in [3.63, 3.8) is 0 Å². The van der Waals surface area contributed by atoms with Gasteiger partial charge in [0, 0.05) is 13.6 Å². The zero-order valence-corrected chi connectivity index (χ0v) is 13.3. The summed E-state index contributed by atoms with van der Waals surface area (Å²) >= 11 is 0. The Hall–Kier alpha value is -1.11. The van der Waals surface area contributed by atoms with Gasteiger partial charge in [0.15, 0.2) is 0 Å². The molecule has 1 rings (SSSR count). The number of sulfonamides is 1. The predicted molar refractivity (Wildman–Crippen MR) is 83.6 cm³/mol. The van der Waals surface area contributed by atoms with Gasteiger partial charge in [-0.1, -0.05) is 26.0 Å². The second-order valence-corrected chi connectivity index (χ2v) is 6.26. The molecule has 0 saturated heterocycles. The van der Waals surface area contributed by atoms with Crippen molar-refractivity contribution in [2.45, 2.75) is 25.2 Å². The maximum atomic E-state index is 12.2. The number of rotatable bonds is 9. The second-order valence-electron chi connectivity index (χ2n) is 4.52. The minimum atomic E-state index is -3.45. The van der Waals surface area contributed by atoms with Crippen molar-refractivity contribution in [2.24, 2.45) is 0 Å². The fourth-order valence-corrected chi connectivity index (χ4v) is 3.32. The number of benzene rings is 1. The summed E-state index contributed by atoms with van der Waals surface area (Å²) in [4.78, 5) is 2.57. The van der Waals surface area contributed by atoms with Gasteiger partial charge in [-0.3, -0.25) is 0 Å². The normalized spacial score (nSPS) is 11.8. The molecule has 5 nitrogen and oxygen atoms in total. The van der Waals surface area contributed by atoms with Crippen LogP contribution < -0.4 is 10.0 Å². The Bertz CT molecular complexity index is 499. The molecule has 1 aromatic carbocycles. The lowest BCUT2D eigenvalue weighted by Crippen LogP contribution is -2.30. The molecule has 0 aliphatic heterocycles. The Morgan fingerprint density at radius 3 is 2.40 bits per heavy atom. The first-order valence-corrected chi connectivity index (χ1v) is 8.52. The van der Waals surface area contributed by atoms with E-state index in [4.69, 9.17) is 0 Å². The summed E-state index contributed by atoms with van der Waals surface area (Å²) < 4.78 is 27.1. The summed E-state index contributed by atoms with van der Waals surface area (Å²) in [5, 5.41) is 2.90. The highest BCUT2D eigenvalue weighted by Gasteiger charge is 2.16. The van der Waals surface area contributed by atoms with Gasteiger partial charge in [0.1, 0.15) is 4.90 Å². The molecule has 0 bridgehead atoms. The number of hydrogen-bond donors (Lipinski definition) is 2. The van der Waals surface area contributed by atoms with Gasteiger partial charge in [0.25, 0.3) is 0 Å². The van der Waals surface area contributed by atoms with Gasteiger partial charge in [-0.05, 0) is 38.2 Å². The molecule has 114 valence electrons. The average Bonchev–Trinajstić information content (AvgIpc) is 2.47. The zero-order valence-electron chi connectivity index (χ0n) is 12.5. The first-order chi connectivity index (χ1) is 9.55. The van der Waals surface area contributed by atoms with Gasteiger partial charge >= 0.3 is 0 Å². The standard InChI is InChI=1S/C14H25N3O2S/c1-4-17(5-2)12-8-11-16-20(18,19)14-10-7-6-9-13(14)15-3/h6-7,9-10,15-16H,4-5,8,11-12H2,1-3H3. The van der Waals surface area contributed by atoms with Gasteiger partial charge in [0.05, 0.1) is 5.69 Å². The highest BCUT2D eigenvalue weighted by Crippen LogP contribution is 2.19. The summed E-state index contributed by atoms with van der Waals surface area (Å²) in [7, 11) is -1.73. The minimum absolute atomic E-state index is 0.297. The second kappa shape index (κ2) is 8.24. The maximum absolute atomic E-state index is 12.2. The average molecular weight is 299 g/mol. The Morgan fingerprint density at radius 1 is 1.15 bits per heavy atom. The molecule has 0 amide bonds. The fourth-order valence-electron chi connectivity index (χ4n) is 2.03. The van der Waals surface area contributed by atoms with Crippen molar-refractivity contribution < 1.29 is 8.42 Å². The van der Waals surface area contributed by atoms with Crippen LogP contribution in [0.4, 0.5) is 5.69 Å². The molecule has 6 heteroatoms. The van der Waals surface area contributed by atoms with E-state index in [1.807, 2.05) is 6.07 Å². The fraction of sp³-hybridized carbons (Fsp3) is 0.571. The predicted octanol–water partition coefficient (Wildman–Crippen LogP) is 1.74. The highest BCUT2D eigenvalue weighted by atomic mass is 32.2. The quantitative estimate of drug-likeness (QED) is 0.682. The Morgan fingerprint density at radius 2 is 1.80 bits per heavy atom. The van der Waals surface area contributed by atoms with Gasteiger partial charge in [-0.25, -0.2) is 13.1 Å². The molecule has 0 fully saturated rings. The molecule has 1 aromatic rings. The van der Waals surface area contributed by atoms with Crippen LogP contribution in [0.2, 0.25) is 0 Å². The molecule has 0 aliphatic rings. The van der Waals surface area contributed by atoms with Gasteiger partial charge in [-0.2, -0.15) is 0 Å². The number of para-hydroxylation sites is 1. The first kappa shape index (κ1) is 16.9. The Kier molecular flexibility index (Phi) is 6.98. The van der Waals surface area contributed by atoms with E-state index in [0.717, 1.165) is 26.1 Å². The van der Waals surface area contributed by atoms with Crippen LogP contribution >= 0.6 is 0 Å². The number of hydrogen-bond acceptors (Lipinski definition) is 4. The smallest absolute Gasteiger partial charge is 0.242 e. The topological polar surface area (TPSA) is 61.4 Å². The van der Waals surface area contributed by atoms with Crippen molar-refractivity contribution in [3.05, 3.63) is 24.3 Å². The van der Waals surface area contributed by atoms with Crippen LogP contribution in [-0.2, 0) is 10.0 Å². The summed E-state index contributed by atoms with van der Waals surface area (Å²) in [5.74, 6) is 0. The molecular weight excluding hydrogens is 274 g/mol. The third kappa shape index (κ3) is 4.77. The molecule has 0 spiro atoms. The van der Waals surface area contributed by atoms with Crippen LogP contribution in [0.5, 0.6) is 0 Å². The summed E-state index contributed by atoms with van der Waals surface area (Å²) in [6.45, 7) is 7.56. The molecule has 2 N–H and O–H groups in total. The van der Waals surface area contributed by atoms with Gasteiger partial charge in [-0.15, -0.1) is 0 Å². The van der Waals surface area contributed by atoms with Crippen LogP contribution in [0.15, 0.2) is 29.2 Å². The maximum Gasteiger partial charge on any atom is 0.242 e. The third-order valence-corrected chi connectivity index (χ3v) is 4.80. The molecule has 0 unspecified atom stereocenters. The lowest BCUT2D eigenvalue weighted by atomic mass is 10.3. The van der Waals surface area contributed by atoms with Crippen LogP contribution in [0.3, 0.4) is 0 Å². The van der Waals surface area contributed by atoms with E-state index in [9.17, 15) is 8.42 Å². The van der Waals surface area contributed by atoms with E-state index < -0.39 is 10.0 Å². The van der Waals surface area contributed by atoms with Crippen molar-refractivity contribution in [1.29, 1.82) is 0 Å². The molecule has 0 radical (unpaired) electrons. The summed E-state index contributed by atoms with van der Waals surface area (Å²) in [6.07, 6.45) is 0.808. The lowest BCUT2D eigenvalue weighted by Gasteiger charge is -2.18. The molecule has 0 aliphatic carbocycles. The van der Waals surface area contributed by atoms with Gasteiger partial charge in [0.2, 0.25) is 10.0 Å². The van der Waals surface area contributed by atoms with E-state index in [-0.39, 0.29) is 0 Å². The zero-order chi connectivity index (χ0) is 15.0. The number of nitrogens with zero attached hydrogens (tertiary/aromatic N) is 1. The number of nitrogens with one attached hydrogen (secondary N) is 2. The van der Waals surface area contributed by atoms with E-state index in [0.29, 0.717) is 17.1 Å². The summed E-state index contributed by atoms with van der Waals surface area (Å²) in [5.41, 5.74) is 0.615. The summed E-state index contributed by atoms with van der Waals surface area (Å²) in [6, 6.07) is 6.90. The molecule has 0 saturated carbocycles. The largest absolute Gasteiger partial charge is 0.387 e. The molecule has 0 heterocycles. The van der Waals surface area contributed by atoms with E-state index in [1.165, 1.54) is 0 Å². The van der Waals surface area contributed by atoms with Crippen LogP contribution in [0, 0.1) is 0 Å². The monoisotopic (exact) mass is 299 g/mol. The molecule has 0 atom stereocenters. The van der Waals surface area contributed by atoms with Crippen LogP contribution in [0.25, 0.3) is 0 Å². The van der Waals surface area contributed by atoms with Crippen molar-refractivity contribution >= 4 is 15.7 Å². The van der Waals surface area contributed by atoms with Crippen molar-refractivity contribution in [3.8, 4) is 0 Å². The van der Waals surface area contributed by atoms with E-state index in [2.05, 4.69) is 28.8 Å². The van der Waals surface area contributed by atoms with Crippen molar-refractivity contribution in [1.82, 2.24) is 9.62 Å². The molecule has 20 heavy (non-hydrogen) atoms. The van der Waals surface area contributed by atoms with Crippen molar-refractivity contribution in [2.75, 3.05) is 38.5 Å². The third-order valence-electron chi connectivity index (χ3n) is 3.28. The molecular formula is C14H25N3O2S. The first-order valence-electron chi connectivity index (χ1n) is 7.04. The Balaban J connectivity index is 2.58. The van der Waals surface area contributed by atoms with Gasteiger partial charge < -0.3 is 10.2 Å². The lowest BCUT2D eigenvalue weighted by molar-refractivity contribution is 0.300.